The van der Waals surface area contributed by atoms with Crippen LogP contribution in [0.1, 0.15) is 30.4 Å². The van der Waals surface area contributed by atoms with Crippen molar-refractivity contribution in [2.24, 2.45) is 11.8 Å². The molecule has 1 saturated carbocycles. The smallest absolute Gasteiger partial charge is 0.266 e. The minimum absolute atomic E-state index is 0.0226. The van der Waals surface area contributed by atoms with Gasteiger partial charge in [0, 0.05) is 0 Å². The second-order valence-corrected chi connectivity index (χ2v) is 10.8. The Balaban J connectivity index is 1.58. The molecule has 29 heavy (non-hydrogen) atoms. The standard InChI is InChI=1S/C21H26O6S2/c1-16-6-10-20(11-7-16)28(22,23)26-14-18-4-3-5-19(18)15-27-29(24,25)21-12-8-17(2)9-13-21/h6-13,18-19H,3-5,14-15H2,1-2H3. The van der Waals surface area contributed by atoms with Crippen LogP contribution in [0.2, 0.25) is 0 Å². The molecule has 0 aromatic heterocycles. The highest BCUT2D eigenvalue weighted by molar-refractivity contribution is 7.87. The first-order valence-electron chi connectivity index (χ1n) is 9.59. The van der Waals surface area contributed by atoms with Gasteiger partial charge in [0.1, 0.15) is 0 Å². The fourth-order valence-electron chi connectivity index (χ4n) is 3.45. The van der Waals surface area contributed by atoms with Gasteiger partial charge in [0.25, 0.3) is 20.2 Å². The lowest BCUT2D eigenvalue weighted by molar-refractivity contribution is 0.169. The number of rotatable bonds is 8. The average molecular weight is 439 g/mol. The highest BCUT2D eigenvalue weighted by atomic mass is 32.2. The van der Waals surface area contributed by atoms with E-state index in [0.717, 1.165) is 30.4 Å². The molecule has 0 radical (unpaired) electrons. The second kappa shape index (κ2) is 8.95. The Labute approximate surface area is 173 Å². The van der Waals surface area contributed by atoms with E-state index >= 15 is 0 Å². The fraction of sp³-hybridized carbons (Fsp3) is 0.429. The second-order valence-electron chi connectivity index (χ2n) is 7.55. The van der Waals surface area contributed by atoms with Crippen LogP contribution in [-0.2, 0) is 28.6 Å². The molecule has 0 N–H and O–H groups in total. The minimum Gasteiger partial charge on any atom is -0.266 e. The molecule has 0 spiro atoms. The summed E-state index contributed by atoms with van der Waals surface area (Å²) in [4.78, 5) is 0.242. The van der Waals surface area contributed by atoms with E-state index in [1.165, 1.54) is 24.3 Å². The summed E-state index contributed by atoms with van der Waals surface area (Å²) in [6.07, 6.45) is 2.45. The number of aryl methyl sites for hydroxylation is 2. The molecular formula is C21H26O6S2. The molecule has 0 aliphatic heterocycles. The molecule has 3 rings (SSSR count). The maximum Gasteiger partial charge on any atom is 0.296 e. The van der Waals surface area contributed by atoms with Crippen LogP contribution in [0.15, 0.2) is 58.3 Å². The number of hydrogen-bond acceptors (Lipinski definition) is 6. The van der Waals surface area contributed by atoms with Crippen molar-refractivity contribution in [3.05, 3.63) is 59.7 Å². The maximum atomic E-state index is 12.4. The topological polar surface area (TPSA) is 86.7 Å². The minimum atomic E-state index is -3.84. The molecule has 0 heterocycles. The monoisotopic (exact) mass is 438 g/mol. The van der Waals surface area contributed by atoms with Gasteiger partial charge in [0.2, 0.25) is 0 Å². The summed E-state index contributed by atoms with van der Waals surface area (Å²) in [5.74, 6) is -0.133. The summed E-state index contributed by atoms with van der Waals surface area (Å²) < 4.78 is 60.1. The van der Waals surface area contributed by atoms with Gasteiger partial charge in [-0.25, -0.2) is 0 Å². The van der Waals surface area contributed by atoms with E-state index in [4.69, 9.17) is 8.37 Å². The Kier molecular flexibility index (Phi) is 6.78. The van der Waals surface area contributed by atoms with Gasteiger partial charge < -0.3 is 0 Å². The van der Waals surface area contributed by atoms with Gasteiger partial charge in [-0.2, -0.15) is 16.8 Å². The van der Waals surface area contributed by atoms with E-state index in [-0.39, 0.29) is 34.8 Å². The largest absolute Gasteiger partial charge is 0.296 e. The average Bonchev–Trinajstić information content (AvgIpc) is 3.13. The van der Waals surface area contributed by atoms with Crippen LogP contribution in [0, 0.1) is 25.7 Å². The van der Waals surface area contributed by atoms with E-state index in [2.05, 4.69) is 0 Å². The number of benzene rings is 2. The van der Waals surface area contributed by atoms with Crippen LogP contribution in [0.4, 0.5) is 0 Å². The van der Waals surface area contributed by atoms with Crippen molar-refractivity contribution >= 4 is 20.2 Å². The van der Waals surface area contributed by atoms with Gasteiger partial charge in [-0.15, -0.1) is 0 Å². The normalized spacial score (nSPS) is 20.1. The van der Waals surface area contributed by atoms with Crippen molar-refractivity contribution in [2.45, 2.75) is 42.9 Å². The van der Waals surface area contributed by atoms with Gasteiger partial charge in [-0.1, -0.05) is 41.8 Å². The van der Waals surface area contributed by atoms with Crippen molar-refractivity contribution in [3.63, 3.8) is 0 Å². The van der Waals surface area contributed by atoms with Crippen molar-refractivity contribution in [2.75, 3.05) is 13.2 Å². The van der Waals surface area contributed by atoms with E-state index in [1.807, 2.05) is 13.8 Å². The summed E-state index contributed by atoms with van der Waals surface area (Å²) >= 11 is 0. The van der Waals surface area contributed by atoms with Gasteiger partial charge >= 0.3 is 0 Å². The third-order valence-electron chi connectivity index (χ3n) is 5.31. The van der Waals surface area contributed by atoms with Crippen molar-refractivity contribution in [3.8, 4) is 0 Å². The van der Waals surface area contributed by atoms with Crippen LogP contribution < -0.4 is 0 Å². The Morgan fingerprint density at radius 3 is 1.38 bits per heavy atom. The Morgan fingerprint density at radius 2 is 1.03 bits per heavy atom. The Bertz CT molecular complexity index is 940. The molecule has 1 aliphatic carbocycles. The van der Waals surface area contributed by atoms with Crippen LogP contribution in [0.3, 0.4) is 0 Å². The van der Waals surface area contributed by atoms with Gasteiger partial charge in [-0.3, -0.25) is 8.37 Å². The highest BCUT2D eigenvalue weighted by Crippen LogP contribution is 2.33. The molecule has 2 unspecified atom stereocenters. The van der Waals surface area contributed by atoms with Gasteiger partial charge in [0.15, 0.2) is 0 Å². The third-order valence-corrected chi connectivity index (χ3v) is 7.90. The van der Waals surface area contributed by atoms with E-state index in [9.17, 15) is 16.8 Å². The highest BCUT2D eigenvalue weighted by Gasteiger charge is 2.31. The van der Waals surface area contributed by atoms with E-state index < -0.39 is 20.2 Å². The first kappa shape index (κ1) is 22.0. The lowest BCUT2D eigenvalue weighted by Crippen LogP contribution is -2.23. The SMILES string of the molecule is Cc1ccc(S(=O)(=O)OCC2CCCC2COS(=O)(=O)c2ccc(C)cc2)cc1. The molecule has 2 aromatic carbocycles. The lowest BCUT2D eigenvalue weighted by atomic mass is 9.98. The predicted octanol–water partition coefficient (Wildman–Crippen LogP) is 3.83. The molecule has 0 amide bonds. The summed E-state index contributed by atoms with van der Waals surface area (Å²) in [5.41, 5.74) is 1.93. The molecule has 2 aromatic rings. The first-order valence-corrected chi connectivity index (χ1v) is 12.4. The van der Waals surface area contributed by atoms with E-state index in [1.54, 1.807) is 24.3 Å². The molecule has 0 saturated heterocycles. The fourth-order valence-corrected chi connectivity index (χ4v) is 5.37. The molecular weight excluding hydrogens is 412 g/mol. The summed E-state index contributed by atoms with van der Waals surface area (Å²) in [5, 5.41) is 0. The van der Waals surface area contributed by atoms with Gasteiger partial charge in [0.05, 0.1) is 23.0 Å². The molecule has 6 nitrogen and oxygen atoms in total. The Hall–Kier alpha value is -1.74. The molecule has 2 atom stereocenters. The molecule has 158 valence electrons. The molecule has 1 aliphatic rings. The van der Waals surface area contributed by atoms with Crippen LogP contribution in [-0.4, -0.2) is 30.0 Å². The first-order chi connectivity index (χ1) is 13.7. The predicted molar refractivity (Wildman–Crippen MR) is 109 cm³/mol. The molecule has 8 heteroatoms. The third kappa shape index (κ3) is 5.66. The zero-order valence-corrected chi connectivity index (χ0v) is 18.2. The van der Waals surface area contributed by atoms with Crippen LogP contribution in [0.25, 0.3) is 0 Å². The maximum absolute atomic E-state index is 12.4. The summed E-state index contributed by atoms with van der Waals surface area (Å²) in [6, 6.07) is 13.0. The summed E-state index contributed by atoms with van der Waals surface area (Å²) in [6.45, 7) is 3.81. The molecule has 0 bridgehead atoms. The van der Waals surface area contributed by atoms with Crippen LogP contribution >= 0.6 is 0 Å². The van der Waals surface area contributed by atoms with E-state index in [0.29, 0.717) is 0 Å². The number of hydrogen-bond donors (Lipinski definition) is 0. The quantitative estimate of drug-likeness (QED) is 0.582. The van der Waals surface area contributed by atoms with Crippen molar-refractivity contribution in [1.29, 1.82) is 0 Å². The van der Waals surface area contributed by atoms with Crippen LogP contribution in [0.5, 0.6) is 0 Å². The zero-order chi connectivity index (χ0) is 21.1. The molecule has 1 fully saturated rings. The van der Waals surface area contributed by atoms with Crippen molar-refractivity contribution in [1.82, 2.24) is 0 Å². The van der Waals surface area contributed by atoms with Gasteiger partial charge in [-0.05, 0) is 62.8 Å². The Morgan fingerprint density at radius 1 is 0.690 bits per heavy atom. The lowest BCUT2D eigenvalue weighted by Gasteiger charge is -2.19. The van der Waals surface area contributed by atoms with Crippen molar-refractivity contribution < 1.29 is 25.2 Å². The summed E-state index contributed by atoms with van der Waals surface area (Å²) in [7, 11) is -7.67. The zero-order valence-electron chi connectivity index (χ0n) is 16.6.